The van der Waals surface area contributed by atoms with Gasteiger partial charge in [-0.3, -0.25) is 0 Å². The second kappa shape index (κ2) is 8.41. The number of aryl methyl sites for hydroxylation is 1. The van der Waals surface area contributed by atoms with Gasteiger partial charge in [-0.1, -0.05) is 41.7 Å². The molecule has 0 amide bonds. The Labute approximate surface area is 136 Å². The molecule has 112 valence electrons. The Kier molecular flexibility index (Phi) is 6.25. The van der Waals surface area contributed by atoms with Crippen molar-refractivity contribution in [2.24, 2.45) is 0 Å². The molecule has 2 aromatic rings. The van der Waals surface area contributed by atoms with Crippen LogP contribution in [0.4, 0.5) is 4.39 Å². The van der Waals surface area contributed by atoms with Crippen LogP contribution >= 0.6 is 11.6 Å². The lowest BCUT2D eigenvalue weighted by Crippen LogP contribution is -1.86. The highest BCUT2D eigenvalue weighted by Crippen LogP contribution is 2.14. The number of benzene rings is 2. The van der Waals surface area contributed by atoms with Crippen LogP contribution in [0.25, 0.3) is 0 Å². The number of halogens is 2. The first-order valence-corrected chi connectivity index (χ1v) is 7.74. The van der Waals surface area contributed by atoms with Crippen LogP contribution in [0.1, 0.15) is 36.0 Å². The van der Waals surface area contributed by atoms with Gasteiger partial charge in [0.15, 0.2) is 0 Å². The molecule has 22 heavy (non-hydrogen) atoms. The van der Waals surface area contributed by atoms with E-state index in [9.17, 15) is 4.39 Å². The Balaban J connectivity index is 1.99. The summed E-state index contributed by atoms with van der Waals surface area (Å²) in [5, 5.41) is 0.379. The molecule has 0 unspecified atom stereocenters. The highest BCUT2D eigenvalue weighted by Gasteiger charge is 1.99. The quantitative estimate of drug-likeness (QED) is 0.373. The van der Waals surface area contributed by atoms with E-state index in [1.807, 2.05) is 18.2 Å². The smallest absolute Gasteiger partial charge is 0.140 e. The van der Waals surface area contributed by atoms with Gasteiger partial charge >= 0.3 is 0 Å². The van der Waals surface area contributed by atoms with Crippen molar-refractivity contribution >= 4 is 11.6 Å². The van der Waals surface area contributed by atoms with E-state index >= 15 is 0 Å². The Hall–Kier alpha value is -2.04. The van der Waals surface area contributed by atoms with Gasteiger partial charge in [-0.15, -0.1) is 6.58 Å². The van der Waals surface area contributed by atoms with Gasteiger partial charge in [0.2, 0.25) is 0 Å². The van der Waals surface area contributed by atoms with Gasteiger partial charge in [-0.05, 0) is 61.6 Å². The summed E-state index contributed by atoms with van der Waals surface area (Å²) in [5.41, 5.74) is 2.54. The molecule has 0 atom stereocenters. The maximum atomic E-state index is 13.6. The first-order chi connectivity index (χ1) is 10.7. The van der Waals surface area contributed by atoms with Crippen LogP contribution in [0.5, 0.6) is 0 Å². The summed E-state index contributed by atoms with van der Waals surface area (Å²) in [6, 6.07) is 12.6. The second-order valence-electron chi connectivity index (χ2n) is 5.11. The van der Waals surface area contributed by atoms with Gasteiger partial charge in [0, 0.05) is 10.6 Å². The molecular formula is C20H18ClF. The van der Waals surface area contributed by atoms with Gasteiger partial charge < -0.3 is 0 Å². The van der Waals surface area contributed by atoms with Gasteiger partial charge in [0.25, 0.3) is 0 Å². The first kappa shape index (κ1) is 16.3. The lowest BCUT2D eigenvalue weighted by Gasteiger charge is -2.00. The Morgan fingerprint density at radius 2 is 1.82 bits per heavy atom. The van der Waals surface area contributed by atoms with E-state index in [-0.39, 0.29) is 5.82 Å². The maximum absolute atomic E-state index is 13.6. The molecule has 0 fully saturated rings. The standard InChI is InChI=1S/C20H18ClF/c1-2-3-4-5-6-16-7-9-17(10-8-16)11-12-18-13-14-19(21)15-20(18)22/h2,7-10,13-15H,1,3-6H2. The SMILES string of the molecule is C=CCCCCc1ccc(C#Cc2ccc(Cl)cc2F)cc1. The summed E-state index contributed by atoms with van der Waals surface area (Å²) in [7, 11) is 0. The van der Waals surface area contributed by atoms with Crippen molar-refractivity contribution in [3.05, 3.63) is 82.6 Å². The van der Waals surface area contributed by atoms with Crippen molar-refractivity contribution < 1.29 is 4.39 Å². The molecule has 0 aliphatic carbocycles. The maximum Gasteiger partial charge on any atom is 0.140 e. The van der Waals surface area contributed by atoms with Crippen LogP contribution in [-0.4, -0.2) is 0 Å². The van der Waals surface area contributed by atoms with Gasteiger partial charge in [-0.25, -0.2) is 4.39 Å². The molecule has 0 aliphatic heterocycles. The first-order valence-electron chi connectivity index (χ1n) is 7.36. The molecule has 0 nitrogen and oxygen atoms in total. The fourth-order valence-corrected chi connectivity index (χ4v) is 2.26. The van der Waals surface area contributed by atoms with Crippen molar-refractivity contribution in [3.63, 3.8) is 0 Å². The predicted molar refractivity (Wildman–Crippen MR) is 91.6 cm³/mol. The van der Waals surface area contributed by atoms with Crippen molar-refractivity contribution in [2.75, 3.05) is 0 Å². The average Bonchev–Trinajstić information content (AvgIpc) is 2.52. The van der Waals surface area contributed by atoms with Crippen molar-refractivity contribution in [1.82, 2.24) is 0 Å². The van der Waals surface area contributed by atoms with E-state index in [2.05, 4.69) is 30.6 Å². The fraction of sp³-hybridized carbons (Fsp3) is 0.200. The van der Waals surface area contributed by atoms with Gasteiger partial charge in [-0.2, -0.15) is 0 Å². The second-order valence-corrected chi connectivity index (χ2v) is 5.54. The van der Waals surface area contributed by atoms with Crippen molar-refractivity contribution in [2.45, 2.75) is 25.7 Å². The van der Waals surface area contributed by atoms with E-state index in [0.29, 0.717) is 10.6 Å². The summed E-state index contributed by atoms with van der Waals surface area (Å²) in [6.07, 6.45) is 6.41. The predicted octanol–water partition coefficient (Wildman–Crippen LogP) is 5.78. The molecule has 2 heteroatoms. The molecule has 2 rings (SSSR count). The average molecular weight is 313 g/mol. The molecule has 0 aliphatic rings. The van der Waals surface area contributed by atoms with Crippen LogP contribution in [0.2, 0.25) is 5.02 Å². The molecule has 0 bridgehead atoms. The van der Waals surface area contributed by atoms with E-state index in [1.165, 1.54) is 18.1 Å². The number of hydrogen-bond acceptors (Lipinski definition) is 0. The zero-order valence-electron chi connectivity index (χ0n) is 12.4. The summed E-state index contributed by atoms with van der Waals surface area (Å²) in [4.78, 5) is 0. The largest absolute Gasteiger partial charge is 0.206 e. The Morgan fingerprint density at radius 1 is 1.05 bits per heavy atom. The summed E-state index contributed by atoms with van der Waals surface area (Å²) >= 11 is 5.72. The highest BCUT2D eigenvalue weighted by atomic mass is 35.5. The molecular weight excluding hydrogens is 295 g/mol. The molecule has 0 N–H and O–H groups in total. The van der Waals surface area contributed by atoms with Crippen LogP contribution in [-0.2, 0) is 6.42 Å². The van der Waals surface area contributed by atoms with E-state index in [0.717, 1.165) is 24.8 Å². The molecule has 0 heterocycles. The Morgan fingerprint density at radius 3 is 2.50 bits per heavy atom. The number of allylic oxidation sites excluding steroid dienone is 1. The van der Waals surface area contributed by atoms with Gasteiger partial charge in [0.05, 0.1) is 5.56 Å². The third kappa shape index (κ3) is 5.06. The lowest BCUT2D eigenvalue weighted by molar-refractivity contribution is 0.624. The minimum absolute atomic E-state index is 0.359. The normalized spacial score (nSPS) is 9.91. The van der Waals surface area contributed by atoms with Crippen LogP contribution in [0, 0.1) is 17.7 Å². The molecule has 0 saturated carbocycles. The highest BCUT2D eigenvalue weighted by molar-refractivity contribution is 6.30. The summed E-state index contributed by atoms with van der Waals surface area (Å²) in [6.45, 7) is 3.72. The van der Waals surface area contributed by atoms with Crippen molar-refractivity contribution in [3.8, 4) is 11.8 Å². The van der Waals surface area contributed by atoms with Crippen LogP contribution in [0.15, 0.2) is 55.1 Å². The summed E-state index contributed by atoms with van der Waals surface area (Å²) < 4.78 is 13.6. The van der Waals surface area contributed by atoms with Crippen LogP contribution in [0.3, 0.4) is 0 Å². The monoisotopic (exact) mass is 312 g/mol. The number of unbranched alkanes of at least 4 members (excludes halogenated alkanes) is 2. The number of rotatable bonds is 5. The lowest BCUT2D eigenvalue weighted by atomic mass is 10.1. The zero-order chi connectivity index (χ0) is 15.8. The molecule has 2 aromatic carbocycles. The minimum atomic E-state index is -0.390. The van der Waals surface area contributed by atoms with Crippen molar-refractivity contribution in [1.29, 1.82) is 0 Å². The third-order valence-electron chi connectivity index (χ3n) is 3.35. The zero-order valence-corrected chi connectivity index (χ0v) is 13.2. The fourth-order valence-electron chi connectivity index (χ4n) is 2.10. The van der Waals surface area contributed by atoms with E-state index in [4.69, 9.17) is 11.6 Å². The molecule has 0 saturated heterocycles. The number of hydrogen-bond donors (Lipinski definition) is 0. The third-order valence-corrected chi connectivity index (χ3v) is 3.59. The van der Waals surface area contributed by atoms with Crippen LogP contribution < -0.4 is 0 Å². The molecule has 0 spiro atoms. The minimum Gasteiger partial charge on any atom is -0.206 e. The molecule has 0 radical (unpaired) electrons. The summed E-state index contributed by atoms with van der Waals surface area (Å²) in [5.74, 6) is 5.43. The topological polar surface area (TPSA) is 0 Å². The van der Waals surface area contributed by atoms with Gasteiger partial charge in [0.1, 0.15) is 5.82 Å². The van der Waals surface area contributed by atoms with E-state index < -0.39 is 0 Å². The molecule has 0 aromatic heterocycles. The van der Waals surface area contributed by atoms with E-state index in [1.54, 1.807) is 12.1 Å². The Bertz CT molecular complexity index is 690.